The van der Waals surface area contributed by atoms with E-state index in [1.54, 1.807) is 30.3 Å². The lowest BCUT2D eigenvalue weighted by atomic mass is 10.1. The summed E-state index contributed by atoms with van der Waals surface area (Å²) in [5.41, 5.74) is 0.669. The van der Waals surface area contributed by atoms with Gasteiger partial charge in [-0.3, -0.25) is 19.7 Å². The lowest BCUT2D eigenvalue weighted by molar-refractivity contribution is -0.384. The molecule has 0 unspecified atom stereocenters. The summed E-state index contributed by atoms with van der Waals surface area (Å²) in [7, 11) is 0. The third kappa shape index (κ3) is 6.37. The molecule has 1 heterocycles. The SMILES string of the molecule is O=C(N[C@H](Cc1ccccc1)C(=O)O)/C(=C\c1ccc([N+](=O)[O-])cc1)NC(=O)c1ccco1. The Hall–Kier alpha value is -4.73. The molecular formula is C23H19N3O7. The Balaban J connectivity index is 1.86. The number of nitro groups is 1. The number of furan rings is 1. The van der Waals surface area contributed by atoms with Crippen molar-refractivity contribution in [2.75, 3.05) is 0 Å². The number of carbonyl (C=O) groups excluding carboxylic acids is 2. The molecule has 2 amide bonds. The molecule has 10 nitrogen and oxygen atoms in total. The average Bonchev–Trinajstić information content (AvgIpc) is 3.34. The van der Waals surface area contributed by atoms with Crippen LogP contribution in [0.1, 0.15) is 21.7 Å². The first-order chi connectivity index (χ1) is 15.8. The normalized spacial score (nSPS) is 11.9. The number of carboxylic acid groups (broad SMARTS) is 1. The Morgan fingerprint density at radius 3 is 2.30 bits per heavy atom. The number of rotatable bonds is 9. The van der Waals surface area contributed by atoms with Crippen LogP contribution in [0.2, 0.25) is 0 Å². The van der Waals surface area contributed by atoms with E-state index >= 15 is 0 Å². The number of hydrogen-bond donors (Lipinski definition) is 3. The van der Waals surface area contributed by atoms with Gasteiger partial charge in [-0.1, -0.05) is 30.3 Å². The van der Waals surface area contributed by atoms with Crippen LogP contribution >= 0.6 is 0 Å². The smallest absolute Gasteiger partial charge is 0.326 e. The molecule has 0 radical (unpaired) electrons. The van der Waals surface area contributed by atoms with Crippen molar-refractivity contribution in [1.82, 2.24) is 10.6 Å². The molecule has 1 atom stereocenters. The molecule has 1 aromatic heterocycles. The summed E-state index contributed by atoms with van der Waals surface area (Å²) in [5.74, 6) is -2.88. The highest BCUT2D eigenvalue weighted by molar-refractivity contribution is 6.05. The fourth-order valence-corrected chi connectivity index (χ4v) is 2.89. The maximum atomic E-state index is 12.9. The third-order valence-electron chi connectivity index (χ3n) is 4.54. The summed E-state index contributed by atoms with van der Waals surface area (Å²) in [4.78, 5) is 47.4. The van der Waals surface area contributed by atoms with E-state index in [2.05, 4.69) is 10.6 Å². The minimum atomic E-state index is -1.26. The van der Waals surface area contributed by atoms with Gasteiger partial charge >= 0.3 is 5.97 Å². The Morgan fingerprint density at radius 2 is 1.73 bits per heavy atom. The molecule has 3 N–H and O–H groups in total. The molecule has 0 aliphatic carbocycles. The van der Waals surface area contributed by atoms with E-state index in [0.29, 0.717) is 11.1 Å². The third-order valence-corrected chi connectivity index (χ3v) is 4.54. The van der Waals surface area contributed by atoms with Gasteiger partial charge in [-0.15, -0.1) is 0 Å². The molecule has 0 aliphatic rings. The summed E-state index contributed by atoms with van der Waals surface area (Å²) in [6.07, 6.45) is 2.59. The summed E-state index contributed by atoms with van der Waals surface area (Å²) in [6.45, 7) is 0. The Kier molecular flexibility index (Phi) is 7.32. The predicted octanol–water partition coefficient (Wildman–Crippen LogP) is 2.77. The maximum Gasteiger partial charge on any atom is 0.326 e. The highest BCUT2D eigenvalue weighted by Crippen LogP contribution is 2.15. The largest absolute Gasteiger partial charge is 0.480 e. The van der Waals surface area contributed by atoms with E-state index in [1.807, 2.05) is 0 Å². The van der Waals surface area contributed by atoms with Crippen LogP contribution in [0, 0.1) is 10.1 Å². The molecule has 0 saturated heterocycles. The van der Waals surface area contributed by atoms with Crippen molar-refractivity contribution in [3.63, 3.8) is 0 Å². The van der Waals surface area contributed by atoms with Crippen LogP contribution in [-0.4, -0.2) is 33.9 Å². The van der Waals surface area contributed by atoms with E-state index in [9.17, 15) is 29.6 Å². The van der Waals surface area contributed by atoms with Crippen molar-refractivity contribution in [2.45, 2.75) is 12.5 Å². The molecular weight excluding hydrogens is 430 g/mol. The second-order valence-electron chi connectivity index (χ2n) is 6.89. The van der Waals surface area contributed by atoms with E-state index in [4.69, 9.17) is 4.42 Å². The van der Waals surface area contributed by atoms with Gasteiger partial charge in [-0.05, 0) is 41.5 Å². The number of hydrogen-bond acceptors (Lipinski definition) is 6. The van der Waals surface area contributed by atoms with Crippen molar-refractivity contribution >= 4 is 29.5 Å². The van der Waals surface area contributed by atoms with Crippen molar-refractivity contribution in [2.24, 2.45) is 0 Å². The van der Waals surface area contributed by atoms with Crippen molar-refractivity contribution < 1.29 is 28.8 Å². The standard InChI is InChI=1S/C23H19N3O7/c27-21(25-19(23(29)30)14-15-5-2-1-3-6-15)18(24-22(28)20-7-4-12-33-20)13-16-8-10-17(11-9-16)26(31)32/h1-13,19H,14H2,(H,24,28)(H,25,27)(H,29,30)/b18-13+/t19-/m1/s1. The molecule has 0 saturated carbocycles. The molecule has 3 aromatic rings. The number of aliphatic carboxylic acids is 1. The molecule has 2 aromatic carbocycles. The van der Waals surface area contributed by atoms with Gasteiger partial charge in [0.15, 0.2) is 5.76 Å². The zero-order valence-corrected chi connectivity index (χ0v) is 17.1. The molecule has 0 fully saturated rings. The fraction of sp³-hybridized carbons (Fsp3) is 0.0870. The first kappa shape index (κ1) is 22.9. The lowest BCUT2D eigenvalue weighted by Gasteiger charge is -2.16. The van der Waals surface area contributed by atoms with Gasteiger partial charge in [0.25, 0.3) is 17.5 Å². The van der Waals surface area contributed by atoms with Crippen LogP contribution < -0.4 is 10.6 Å². The number of nitrogens with one attached hydrogen (secondary N) is 2. The summed E-state index contributed by atoms with van der Waals surface area (Å²) >= 11 is 0. The van der Waals surface area contributed by atoms with Crippen LogP contribution in [0.3, 0.4) is 0 Å². The van der Waals surface area contributed by atoms with Gasteiger partial charge in [0, 0.05) is 18.6 Å². The lowest BCUT2D eigenvalue weighted by Crippen LogP contribution is -2.45. The van der Waals surface area contributed by atoms with Gasteiger partial charge in [0.05, 0.1) is 11.2 Å². The van der Waals surface area contributed by atoms with E-state index in [1.165, 1.54) is 48.7 Å². The Labute approximate surface area is 187 Å². The second kappa shape index (κ2) is 10.5. The monoisotopic (exact) mass is 449 g/mol. The van der Waals surface area contributed by atoms with E-state index in [-0.39, 0.29) is 23.6 Å². The van der Waals surface area contributed by atoms with Crippen molar-refractivity contribution in [3.8, 4) is 0 Å². The van der Waals surface area contributed by atoms with Crippen LogP contribution in [-0.2, 0) is 16.0 Å². The first-order valence-corrected chi connectivity index (χ1v) is 9.72. The molecule has 33 heavy (non-hydrogen) atoms. The molecule has 3 rings (SSSR count). The molecule has 0 aliphatic heterocycles. The summed E-state index contributed by atoms with van der Waals surface area (Å²) < 4.78 is 5.03. The topological polar surface area (TPSA) is 152 Å². The van der Waals surface area contributed by atoms with E-state index in [0.717, 1.165) is 0 Å². The molecule has 168 valence electrons. The highest BCUT2D eigenvalue weighted by Gasteiger charge is 2.24. The average molecular weight is 449 g/mol. The molecule has 10 heteroatoms. The number of carboxylic acids is 1. The number of amides is 2. The van der Waals surface area contributed by atoms with Crippen LogP contribution in [0.5, 0.6) is 0 Å². The second-order valence-corrected chi connectivity index (χ2v) is 6.89. The Morgan fingerprint density at radius 1 is 1.03 bits per heavy atom. The predicted molar refractivity (Wildman–Crippen MR) is 117 cm³/mol. The maximum absolute atomic E-state index is 12.9. The molecule has 0 spiro atoms. The summed E-state index contributed by atoms with van der Waals surface area (Å²) in [5, 5.41) is 25.2. The number of non-ortho nitro benzene ring substituents is 1. The van der Waals surface area contributed by atoms with Crippen molar-refractivity contribution in [1.29, 1.82) is 0 Å². The first-order valence-electron chi connectivity index (χ1n) is 9.72. The van der Waals surface area contributed by atoms with Gasteiger partial charge in [-0.25, -0.2) is 4.79 Å². The van der Waals surface area contributed by atoms with Gasteiger partial charge in [0.1, 0.15) is 11.7 Å². The van der Waals surface area contributed by atoms with Gasteiger partial charge in [0.2, 0.25) is 0 Å². The van der Waals surface area contributed by atoms with Crippen molar-refractivity contribution in [3.05, 3.63) is 106 Å². The number of benzene rings is 2. The quantitative estimate of drug-likeness (QED) is 0.258. The zero-order chi connectivity index (χ0) is 23.8. The summed E-state index contributed by atoms with van der Waals surface area (Å²) in [6, 6.07) is 15.6. The van der Waals surface area contributed by atoms with Crippen LogP contribution in [0.15, 0.2) is 83.1 Å². The van der Waals surface area contributed by atoms with E-state index < -0.39 is 28.7 Å². The van der Waals surface area contributed by atoms with Crippen LogP contribution in [0.4, 0.5) is 5.69 Å². The number of nitrogens with zero attached hydrogens (tertiary/aromatic N) is 1. The minimum absolute atomic E-state index is 0.0266. The molecule has 0 bridgehead atoms. The van der Waals surface area contributed by atoms with Gasteiger partial charge in [-0.2, -0.15) is 0 Å². The van der Waals surface area contributed by atoms with Crippen LogP contribution in [0.25, 0.3) is 6.08 Å². The van der Waals surface area contributed by atoms with Gasteiger partial charge < -0.3 is 20.2 Å². The zero-order valence-electron chi connectivity index (χ0n) is 17.1. The Bertz CT molecular complexity index is 1170. The fourth-order valence-electron chi connectivity index (χ4n) is 2.89. The number of carbonyl (C=O) groups is 3. The highest BCUT2D eigenvalue weighted by atomic mass is 16.6. The number of nitro benzene ring substituents is 1. The minimum Gasteiger partial charge on any atom is -0.480 e.